The molecule has 5 heteroatoms. The van der Waals surface area contributed by atoms with Gasteiger partial charge in [0.1, 0.15) is 5.54 Å². The highest BCUT2D eigenvalue weighted by atomic mass is 16.4. The Hall–Kier alpha value is -1.10. The van der Waals surface area contributed by atoms with Gasteiger partial charge in [0.15, 0.2) is 0 Å². The van der Waals surface area contributed by atoms with Crippen molar-refractivity contribution in [3.8, 4) is 0 Å². The third-order valence-corrected chi connectivity index (χ3v) is 5.14. The van der Waals surface area contributed by atoms with E-state index >= 15 is 0 Å². The van der Waals surface area contributed by atoms with Crippen molar-refractivity contribution in [1.29, 1.82) is 0 Å². The van der Waals surface area contributed by atoms with Crippen LogP contribution in [-0.4, -0.2) is 47.1 Å². The van der Waals surface area contributed by atoms with Crippen LogP contribution >= 0.6 is 0 Å². The van der Waals surface area contributed by atoms with Gasteiger partial charge in [0, 0.05) is 6.54 Å². The molecule has 0 aromatic carbocycles. The first kappa shape index (κ1) is 15.3. The molecule has 1 aliphatic heterocycles. The van der Waals surface area contributed by atoms with Crippen molar-refractivity contribution in [3.05, 3.63) is 0 Å². The summed E-state index contributed by atoms with van der Waals surface area (Å²) in [7, 11) is 1.74. The second kappa shape index (κ2) is 6.12. The van der Waals surface area contributed by atoms with E-state index in [0.29, 0.717) is 13.0 Å². The number of carboxylic acid groups (broad SMARTS) is 1. The van der Waals surface area contributed by atoms with Crippen LogP contribution in [0.25, 0.3) is 0 Å². The van der Waals surface area contributed by atoms with E-state index in [2.05, 4.69) is 5.32 Å². The lowest BCUT2D eigenvalue weighted by molar-refractivity contribution is -0.162. The van der Waals surface area contributed by atoms with Gasteiger partial charge in [-0.25, -0.2) is 4.79 Å². The Kier molecular flexibility index (Phi) is 4.68. The summed E-state index contributed by atoms with van der Waals surface area (Å²) in [5.41, 5.74) is -0.956. The number of nitrogens with one attached hydrogen (secondary N) is 1. The van der Waals surface area contributed by atoms with Crippen LogP contribution in [0.3, 0.4) is 0 Å². The molecule has 0 radical (unpaired) electrons. The number of likely N-dealkylation sites (tertiary alicyclic amines) is 1. The van der Waals surface area contributed by atoms with Gasteiger partial charge >= 0.3 is 5.97 Å². The highest BCUT2D eigenvalue weighted by Gasteiger charge is 2.55. The van der Waals surface area contributed by atoms with Gasteiger partial charge in [-0.15, -0.1) is 0 Å². The molecule has 5 nitrogen and oxygen atoms in total. The molecular weight excluding hydrogens is 256 g/mol. The molecule has 1 heterocycles. The number of rotatable bonds is 4. The predicted molar refractivity (Wildman–Crippen MR) is 76.4 cm³/mol. The molecule has 1 amide bonds. The average Bonchev–Trinajstić information content (AvgIpc) is 2.92. The fraction of sp³-hybridized carbons (Fsp3) is 0.867. The highest BCUT2D eigenvalue weighted by molar-refractivity contribution is 5.90. The summed E-state index contributed by atoms with van der Waals surface area (Å²) in [6, 6.07) is -0.324. The van der Waals surface area contributed by atoms with E-state index in [4.69, 9.17) is 0 Å². The molecule has 0 aromatic rings. The van der Waals surface area contributed by atoms with Crippen molar-refractivity contribution in [1.82, 2.24) is 10.2 Å². The summed E-state index contributed by atoms with van der Waals surface area (Å²) in [5, 5.41) is 12.8. The molecule has 2 aliphatic rings. The number of carboxylic acids is 1. The summed E-state index contributed by atoms with van der Waals surface area (Å²) in [5.74, 6) is -0.763. The van der Waals surface area contributed by atoms with Crippen molar-refractivity contribution >= 4 is 11.9 Å². The fourth-order valence-corrected chi connectivity index (χ4v) is 3.91. The molecule has 2 N–H and O–H groups in total. The van der Waals surface area contributed by atoms with Crippen LogP contribution in [0.2, 0.25) is 0 Å². The van der Waals surface area contributed by atoms with Crippen LogP contribution in [-0.2, 0) is 9.59 Å². The van der Waals surface area contributed by atoms with E-state index in [-0.39, 0.29) is 17.9 Å². The summed E-state index contributed by atoms with van der Waals surface area (Å²) in [4.78, 5) is 26.2. The molecule has 1 saturated carbocycles. The van der Waals surface area contributed by atoms with Crippen LogP contribution in [0.1, 0.15) is 51.9 Å². The molecule has 2 rings (SSSR count). The monoisotopic (exact) mass is 282 g/mol. The van der Waals surface area contributed by atoms with Gasteiger partial charge in [0.05, 0.1) is 6.04 Å². The van der Waals surface area contributed by atoms with Gasteiger partial charge in [-0.05, 0) is 45.6 Å². The highest BCUT2D eigenvalue weighted by Crippen LogP contribution is 2.43. The molecule has 0 unspecified atom stereocenters. The van der Waals surface area contributed by atoms with Gasteiger partial charge in [-0.3, -0.25) is 4.79 Å². The van der Waals surface area contributed by atoms with E-state index in [1.54, 1.807) is 18.9 Å². The molecule has 0 bridgehead atoms. The van der Waals surface area contributed by atoms with E-state index in [9.17, 15) is 14.7 Å². The van der Waals surface area contributed by atoms with E-state index < -0.39 is 11.5 Å². The van der Waals surface area contributed by atoms with Crippen LogP contribution in [0, 0.1) is 5.92 Å². The Bertz CT molecular complexity index is 379. The van der Waals surface area contributed by atoms with E-state index in [1.807, 2.05) is 0 Å². The maximum absolute atomic E-state index is 12.5. The third kappa shape index (κ3) is 2.43. The standard InChI is InChI=1S/C15H26N2O3/c1-11(16-2)13(18)17-10-6-9-15(17,14(19)20)12-7-4-3-5-8-12/h11-12,16H,3-10H2,1-2H3,(H,19,20)/t11-,15+/m0/s1. The Morgan fingerprint density at radius 3 is 2.45 bits per heavy atom. The summed E-state index contributed by atoms with van der Waals surface area (Å²) >= 11 is 0. The number of likely N-dealkylation sites (N-methyl/N-ethyl adjacent to an activating group) is 1. The minimum absolute atomic E-state index is 0.0713. The zero-order valence-corrected chi connectivity index (χ0v) is 12.5. The minimum Gasteiger partial charge on any atom is -0.479 e. The van der Waals surface area contributed by atoms with Crippen molar-refractivity contribution in [2.75, 3.05) is 13.6 Å². The van der Waals surface area contributed by atoms with Crippen molar-refractivity contribution in [2.45, 2.75) is 63.5 Å². The van der Waals surface area contributed by atoms with Gasteiger partial charge < -0.3 is 15.3 Å². The zero-order chi connectivity index (χ0) is 14.8. The number of nitrogens with zero attached hydrogens (tertiary/aromatic N) is 1. The molecule has 114 valence electrons. The second-order valence-corrected chi connectivity index (χ2v) is 6.17. The summed E-state index contributed by atoms with van der Waals surface area (Å²) in [6.07, 6.45) is 6.63. The van der Waals surface area contributed by atoms with Crippen molar-refractivity contribution in [2.24, 2.45) is 5.92 Å². The largest absolute Gasteiger partial charge is 0.479 e. The molecule has 2 fully saturated rings. The van der Waals surface area contributed by atoms with Crippen molar-refractivity contribution < 1.29 is 14.7 Å². The van der Waals surface area contributed by atoms with Crippen molar-refractivity contribution in [3.63, 3.8) is 0 Å². The van der Waals surface area contributed by atoms with Crippen LogP contribution in [0.15, 0.2) is 0 Å². The van der Waals surface area contributed by atoms with Crippen LogP contribution in [0.5, 0.6) is 0 Å². The minimum atomic E-state index is -0.956. The van der Waals surface area contributed by atoms with Crippen LogP contribution in [0.4, 0.5) is 0 Å². The first-order chi connectivity index (χ1) is 9.54. The van der Waals surface area contributed by atoms with Gasteiger partial charge in [-0.1, -0.05) is 19.3 Å². The molecule has 1 saturated heterocycles. The van der Waals surface area contributed by atoms with E-state index in [0.717, 1.165) is 32.1 Å². The third-order valence-electron chi connectivity index (χ3n) is 5.14. The molecular formula is C15H26N2O3. The molecule has 1 aliphatic carbocycles. The fourth-order valence-electron chi connectivity index (χ4n) is 3.91. The Morgan fingerprint density at radius 2 is 1.90 bits per heavy atom. The average molecular weight is 282 g/mol. The number of carbonyl (C=O) groups is 2. The molecule has 0 spiro atoms. The first-order valence-electron chi connectivity index (χ1n) is 7.76. The first-order valence-corrected chi connectivity index (χ1v) is 7.76. The van der Waals surface area contributed by atoms with Gasteiger partial charge in [0.2, 0.25) is 5.91 Å². The number of hydrogen-bond donors (Lipinski definition) is 2. The Balaban J connectivity index is 2.29. The summed E-state index contributed by atoms with van der Waals surface area (Å²) < 4.78 is 0. The quantitative estimate of drug-likeness (QED) is 0.822. The Labute approximate surface area is 120 Å². The van der Waals surface area contributed by atoms with Gasteiger partial charge in [-0.2, -0.15) is 0 Å². The molecule has 0 aromatic heterocycles. The summed E-state index contributed by atoms with van der Waals surface area (Å²) in [6.45, 7) is 2.38. The SMILES string of the molecule is CN[C@@H](C)C(=O)N1CCC[C@]1(C(=O)O)C1CCCCC1. The van der Waals surface area contributed by atoms with Crippen LogP contribution < -0.4 is 5.32 Å². The topological polar surface area (TPSA) is 69.6 Å². The molecule has 2 atom stereocenters. The Morgan fingerprint density at radius 1 is 1.25 bits per heavy atom. The smallest absolute Gasteiger partial charge is 0.329 e. The number of amides is 1. The maximum atomic E-state index is 12.5. The lowest BCUT2D eigenvalue weighted by Crippen LogP contribution is -2.61. The predicted octanol–water partition coefficient (Wildman–Crippen LogP) is 1.62. The number of carbonyl (C=O) groups excluding carboxylic acids is 1. The second-order valence-electron chi connectivity index (χ2n) is 6.17. The maximum Gasteiger partial charge on any atom is 0.329 e. The number of aliphatic carboxylic acids is 1. The molecule has 20 heavy (non-hydrogen) atoms. The number of hydrogen-bond acceptors (Lipinski definition) is 3. The lowest BCUT2D eigenvalue weighted by atomic mass is 9.73. The normalized spacial score (nSPS) is 29.4. The van der Waals surface area contributed by atoms with Gasteiger partial charge in [0.25, 0.3) is 0 Å². The van der Waals surface area contributed by atoms with E-state index in [1.165, 1.54) is 6.42 Å². The zero-order valence-electron chi connectivity index (χ0n) is 12.5. The lowest BCUT2D eigenvalue weighted by Gasteiger charge is -2.43.